The lowest BCUT2D eigenvalue weighted by Gasteiger charge is -2.66. The van der Waals surface area contributed by atoms with E-state index in [4.69, 9.17) is 4.74 Å². The van der Waals surface area contributed by atoms with E-state index in [1.54, 1.807) is 0 Å². The average Bonchev–Trinajstić information content (AvgIpc) is 2.78. The van der Waals surface area contributed by atoms with Gasteiger partial charge in [-0.25, -0.2) is 0 Å². The van der Waals surface area contributed by atoms with Crippen LogP contribution in [0.25, 0.3) is 0 Å². The molecule has 0 aromatic heterocycles. The third kappa shape index (κ3) is 3.28. The Morgan fingerprint density at radius 1 is 1.10 bits per heavy atom. The highest BCUT2D eigenvalue weighted by molar-refractivity contribution is 5.84. The molecule has 4 aliphatic carbocycles. The van der Waals surface area contributed by atoms with E-state index in [2.05, 4.69) is 47.5 Å². The van der Waals surface area contributed by atoms with Crippen molar-refractivity contribution in [2.45, 2.75) is 69.7 Å². The SMILES string of the molecule is CCOCC12CC3CC(C(=O)N[C@H]4CN5CCC4CC5)(C1)C[C@](c1ccccc1)(C3)C2. The van der Waals surface area contributed by atoms with Gasteiger partial charge in [0.05, 0.1) is 12.0 Å². The van der Waals surface area contributed by atoms with E-state index in [1.165, 1.54) is 50.8 Å². The zero-order chi connectivity index (χ0) is 21.1. The summed E-state index contributed by atoms with van der Waals surface area (Å²) >= 11 is 0. The summed E-state index contributed by atoms with van der Waals surface area (Å²) in [6, 6.07) is 11.5. The smallest absolute Gasteiger partial charge is 0.226 e. The Labute approximate surface area is 187 Å². The molecule has 3 unspecified atom stereocenters. The molecule has 7 aliphatic rings. The van der Waals surface area contributed by atoms with Crippen LogP contribution in [0.2, 0.25) is 0 Å². The van der Waals surface area contributed by atoms with Crippen molar-refractivity contribution < 1.29 is 9.53 Å². The molecule has 6 bridgehead atoms. The van der Waals surface area contributed by atoms with Crippen molar-refractivity contribution >= 4 is 5.91 Å². The largest absolute Gasteiger partial charge is 0.381 e. The summed E-state index contributed by atoms with van der Waals surface area (Å²) in [7, 11) is 0. The van der Waals surface area contributed by atoms with Crippen LogP contribution in [0.4, 0.5) is 0 Å². The summed E-state index contributed by atoms with van der Waals surface area (Å²) in [5.41, 5.74) is 1.56. The van der Waals surface area contributed by atoms with Crippen LogP contribution in [0.5, 0.6) is 0 Å². The minimum Gasteiger partial charge on any atom is -0.381 e. The number of piperidine rings is 3. The van der Waals surface area contributed by atoms with Gasteiger partial charge >= 0.3 is 0 Å². The van der Waals surface area contributed by atoms with E-state index >= 15 is 0 Å². The first-order valence-corrected chi connectivity index (χ1v) is 12.7. The minimum atomic E-state index is -0.210. The fourth-order valence-corrected chi connectivity index (χ4v) is 8.93. The first-order valence-electron chi connectivity index (χ1n) is 12.7. The molecule has 3 aliphatic heterocycles. The lowest BCUT2D eigenvalue weighted by atomic mass is 9.38. The number of benzene rings is 1. The Morgan fingerprint density at radius 3 is 2.61 bits per heavy atom. The predicted octanol–water partition coefficient (Wildman–Crippen LogP) is 4.14. The molecular weight excluding hydrogens is 384 g/mol. The number of hydrogen-bond donors (Lipinski definition) is 1. The molecule has 3 saturated heterocycles. The van der Waals surface area contributed by atoms with Crippen molar-refractivity contribution in [2.75, 3.05) is 32.8 Å². The highest BCUT2D eigenvalue weighted by Crippen LogP contribution is 2.70. The first-order chi connectivity index (χ1) is 15.0. The Hall–Kier alpha value is -1.39. The Kier molecular flexibility index (Phi) is 4.77. The van der Waals surface area contributed by atoms with E-state index in [-0.39, 0.29) is 16.2 Å². The van der Waals surface area contributed by atoms with Gasteiger partial charge in [-0.15, -0.1) is 0 Å². The van der Waals surface area contributed by atoms with Crippen molar-refractivity contribution in [3.63, 3.8) is 0 Å². The molecule has 4 nitrogen and oxygen atoms in total. The van der Waals surface area contributed by atoms with E-state index in [1.807, 2.05) is 0 Å². The molecule has 7 fully saturated rings. The van der Waals surface area contributed by atoms with Crippen LogP contribution >= 0.6 is 0 Å². The Balaban J connectivity index is 1.32. The van der Waals surface area contributed by atoms with Gasteiger partial charge < -0.3 is 15.0 Å². The second-order valence-electron chi connectivity index (χ2n) is 11.8. The molecule has 4 saturated carbocycles. The van der Waals surface area contributed by atoms with Crippen LogP contribution in [-0.2, 0) is 14.9 Å². The molecule has 1 N–H and O–H groups in total. The number of carbonyl (C=O) groups excluding carboxylic acids is 1. The maximum atomic E-state index is 14.1. The zero-order valence-electron chi connectivity index (χ0n) is 19.1. The third-order valence-corrected chi connectivity index (χ3v) is 9.64. The number of nitrogens with zero attached hydrogens (tertiary/aromatic N) is 1. The predicted molar refractivity (Wildman–Crippen MR) is 122 cm³/mol. The molecule has 168 valence electrons. The molecular formula is C27H38N2O2. The lowest BCUT2D eigenvalue weighted by Crippen LogP contribution is -2.66. The van der Waals surface area contributed by atoms with Crippen LogP contribution in [0.3, 0.4) is 0 Å². The Bertz CT molecular complexity index is 835. The van der Waals surface area contributed by atoms with Crippen molar-refractivity contribution in [3.8, 4) is 0 Å². The van der Waals surface area contributed by atoms with E-state index in [9.17, 15) is 4.79 Å². The number of hydrogen-bond acceptors (Lipinski definition) is 3. The molecule has 0 radical (unpaired) electrons. The molecule has 5 atom stereocenters. The van der Waals surface area contributed by atoms with Crippen LogP contribution < -0.4 is 5.32 Å². The van der Waals surface area contributed by atoms with Crippen LogP contribution in [-0.4, -0.2) is 49.7 Å². The van der Waals surface area contributed by atoms with Gasteiger partial charge in [0.2, 0.25) is 5.91 Å². The maximum absolute atomic E-state index is 14.1. The monoisotopic (exact) mass is 422 g/mol. The number of ether oxygens (including phenoxy) is 1. The summed E-state index contributed by atoms with van der Waals surface area (Å²) in [5, 5.41) is 3.63. The number of fused-ring (bicyclic) bond motifs is 3. The van der Waals surface area contributed by atoms with E-state index in [0.717, 1.165) is 39.0 Å². The van der Waals surface area contributed by atoms with E-state index < -0.39 is 0 Å². The first kappa shape index (κ1) is 20.2. The maximum Gasteiger partial charge on any atom is 0.226 e. The molecule has 1 amide bonds. The number of amides is 1. The number of rotatable bonds is 6. The van der Waals surface area contributed by atoms with Crippen molar-refractivity contribution in [1.29, 1.82) is 0 Å². The normalized spacial score (nSPS) is 45.1. The van der Waals surface area contributed by atoms with Gasteiger partial charge in [0.25, 0.3) is 0 Å². The van der Waals surface area contributed by atoms with Crippen molar-refractivity contribution in [1.82, 2.24) is 10.2 Å². The fraction of sp³-hybridized carbons (Fsp3) is 0.741. The standard InChI is InChI=1S/C27H38N2O2/c1-2-31-19-25-12-20-13-26(16-25,22-6-4-3-5-7-22)18-27(14-20,17-25)24(30)28-23-15-29-10-8-21(23)9-11-29/h3-7,20-21,23H,2,8-19H2,1H3,(H,28,30)/t20?,23-,25?,26-,27?/m0/s1. The molecule has 0 spiro atoms. The molecule has 8 rings (SSSR count). The number of nitrogens with one attached hydrogen (secondary N) is 1. The molecule has 4 heteroatoms. The minimum absolute atomic E-state index is 0.143. The van der Waals surface area contributed by atoms with Crippen LogP contribution in [0.1, 0.15) is 63.9 Å². The molecule has 31 heavy (non-hydrogen) atoms. The van der Waals surface area contributed by atoms with Crippen LogP contribution in [0.15, 0.2) is 30.3 Å². The van der Waals surface area contributed by atoms with E-state index in [0.29, 0.717) is 23.8 Å². The van der Waals surface area contributed by atoms with Crippen molar-refractivity contribution in [2.24, 2.45) is 22.7 Å². The molecule has 1 aromatic carbocycles. The van der Waals surface area contributed by atoms with Gasteiger partial charge in [0, 0.05) is 19.2 Å². The summed E-state index contributed by atoms with van der Waals surface area (Å²) < 4.78 is 6.08. The Morgan fingerprint density at radius 2 is 1.90 bits per heavy atom. The summed E-state index contributed by atoms with van der Waals surface area (Å²) in [4.78, 5) is 16.6. The van der Waals surface area contributed by atoms with Crippen LogP contribution in [0, 0.1) is 22.7 Å². The quantitative estimate of drug-likeness (QED) is 0.749. The summed E-state index contributed by atoms with van der Waals surface area (Å²) in [5.74, 6) is 1.70. The third-order valence-electron chi connectivity index (χ3n) is 9.64. The second kappa shape index (κ2) is 7.31. The topological polar surface area (TPSA) is 41.6 Å². The highest BCUT2D eigenvalue weighted by atomic mass is 16.5. The zero-order valence-corrected chi connectivity index (χ0v) is 19.1. The molecule has 3 heterocycles. The number of carbonyl (C=O) groups is 1. The van der Waals surface area contributed by atoms with Gasteiger partial charge in [0.1, 0.15) is 0 Å². The highest BCUT2D eigenvalue weighted by Gasteiger charge is 2.66. The summed E-state index contributed by atoms with van der Waals surface area (Å²) in [6.45, 7) is 7.19. The van der Waals surface area contributed by atoms with Gasteiger partial charge in [-0.05, 0) is 99.6 Å². The lowest BCUT2D eigenvalue weighted by molar-refractivity contribution is -0.173. The van der Waals surface area contributed by atoms with Gasteiger partial charge in [-0.3, -0.25) is 4.79 Å². The fourth-order valence-electron chi connectivity index (χ4n) is 8.93. The second-order valence-corrected chi connectivity index (χ2v) is 11.8. The van der Waals surface area contributed by atoms with Gasteiger partial charge in [-0.1, -0.05) is 30.3 Å². The average molecular weight is 423 g/mol. The van der Waals surface area contributed by atoms with Crippen molar-refractivity contribution in [3.05, 3.63) is 35.9 Å². The summed E-state index contributed by atoms with van der Waals surface area (Å²) in [6.07, 6.45) is 9.33. The van der Waals surface area contributed by atoms with Gasteiger partial charge in [0.15, 0.2) is 0 Å². The van der Waals surface area contributed by atoms with Gasteiger partial charge in [-0.2, -0.15) is 0 Å². The molecule has 1 aromatic rings.